The van der Waals surface area contributed by atoms with Gasteiger partial charge < -0.3 is 9.84 Å². The molecule has 0 amide bonds. The molecule has 1 aliphatic carbocycles. The molecule has 1 aromatic rings. The lowest BCUT2D eigenvalue weighted by Gasteiger charge is -2.09. The molecule has 0 radical (unpaired) electrons. The number of rotatable bonds is 3. The lowest BCUT2D eigenvalue weighted by Crippen LogP contribution is -2.11. The summed E-state index contributed by atoms with van der Waals surface area (Å²) in [5.41, 5.74) is 0.515. The Labute approximate surface area is 77.4 Å². The summed E-state index contributed by atoms with van der Waals surface area (Å²) in [4.78, 5) is 4.08. The Morgan fingerprint density at radius 1 is 1.62 bits per heavy atom. The standard InChI is InChI=1S/C10H13NO2/c1-13-9-8(3-2-6-11-9)7-10(12)4-5-10/h2-3,6,12H,4-5,7H2,1H3. The van der Waals surface area contributed by atoms with Crippen molar-refractivity contribution in [1.82, 2.24) is 4.98 Å². The first-order chi connectivity index (χ1) is 6.23. The van der Waals surface area contributed by atoms with Crippen LogP contribution in [0.15, 0.2) is 18.3 Å². The smallest absolute Gasteiger partial charge is 0.216 e. The van der Waals surface area contributed by atoms with Crippen molar-refractivity contribution in [2.75, 3.05) is 7.11 Å². The fourth-order valence-corrected chi connectivity index (χ4v) is 1.42. The first kappa shape index (κ1) is 8.51. The first-order valence-electron chi connectivity index (χ1n) is 4.44. The van der Waals surface area contributed by atoms with Gasteiger partial charge >= 0.3 is 0 Å². The molecular weight excluding hydrogens is 166 g/mol. The number of hydrogen-bond acceptors (Lipinski definition) is 3. The van der Waals surface area contributed by atoms with E-state index in [0.29, 0.717) is 12.3 Å². The van der Waals surface area contributed by atoms with Gasteiger partial charge in [-0.3, -0.25) is 0 Å². The van der Waals surface area contributed by atoms with Gasteiger partial charge in [-0.1, -0.05) is 6.07 Å². The number of nitrogens with zero attached hydrogens (tertiary/aromatic N) is 1. The number of ether oxygens (including phenoxy) is 1. The molecule has 1 fully saturated rings. The average molecular weight is 179 g/mol. The van der Waals surface area contributed by atoms with Crippen molar-refractivity contribution in [3.8, 4) is 5.88 Å². The third-order valence-electron chi connectivity index (χ3n) is 2.39. The summed E-state index contributed by atoms with van der Waals surface area (Å²) in [5.74, 6) is 0.628. The Morgan fingerprint density at radius 2 is 2.38 bits per heavy atom. The molecule has 0 spiro atoms. The van der Waals surface area contributed by atoms with Crippen molar-refractivity contribution in [3.63, 3.8) is 0 Å². The largest absolute Gasteiger partial charge is 0.481 e. The molecule has 0 bridgehead atoms. The van der Waals surface area contributed by atoms with Crippen molar-refractivity contribution in [2.45, 2.75) is 24.9 Å². The van der Waals surface area contributed by atoms with Gasteiger partial charge in [0.2, 0.25) is 5.88 Å². The fourth-order valence-electron chi connectivity index (χ4n) is 1.42. The van der Waals surface area contributed by atoms with Crippen LogP contribution in [0.5, 0.6) is 5.88 Å². The molecule has 1 heterocycles. The van der Waals surface area contributed by atoms with Gasteiger partial charge in [-0.05, 0) is 18.9 Å². The summed E-state index contributed by atoms with van der Waals surface area (Å²) < 4.78 is 5.10. The van der Waals surface area contributed by atoms with Gasteiger partial charge in [0.1, 0.15) is 0 Å². The van der Waals surface area contributed by atoms with Gasteiger partial charge in [0, 0.05) is 18.2 Å². The minimum Gasteiger partial charge on any atom is -0.481 e. The van der Waals surface area contributed by atoms with Crippen molar-refractivity contribution in [1.29, 1.82) is 0 Å². The third-order valence-corrected chi connectivity index (χ3v) is 2.39. The molecule has 13 heavy (non-hydrogen) atoms. The zero-order valence-corrected chi connectivity index (χ0v) is 7.66. The van der Waals surface area contributed by atoms with Crippen LogP contribution in [0.4, 0.5) is 0 Å². The van der Waals surface area contributed by atoms with Crippen LogP contribution in [0, 0.1) is 0 Å². The molecule has 0 unspecified atom stereocenters. The van der Waals surface area contributed by atoms with E-state index >= 15 is 0 Å². The fraction of sp³-hybridized carbons (Fsp3) is 0.500. The maximum Gasteiger partial charge on any atom is 0.216 e. The normalized spacial score (nSPS) is 18.3. The van der Waals surface area contributed by atoms with Gasteiger partial charge in [0.15, 0.2) is 0 Å². The number of pyridine rings is 1. The Bertz CT molecular complexity index is 308. The van der Waals surface area contributed by atoms with E-state index in [1.165, 1.54) is 0 Å². The van der Waals surface area contributed by atoms with E-state index in [-0.39, 0.29) is 0 Å². The highest BCUT2D eigenvalue weighted by atomic mass is 16.5. The second kappa shape index (κ2) is 3.00. The van der Waals surface area contributed by atoms with Gasteiger partial charge in [-0.2, -0.15) is 0 Å². The van der Waals surface area contributed by atoms with Gasteiger partial charge in [-0.15, -0.1) is 0 Å². The van der Waals surface area contributed by atoms with Gasteiger partial charge in [0.05, 0.1) is 12.7 Å². The number of aromatic nitrogens is 1. The minimum absolute atomic E-state index is 0.476. The van der Waals surface area contributed by atoms with Crippen molar-refractivity contribution >= 4 is 0 Å². The van der Waals surface area contributed by atoms with Crippen LogP contribution in [-0.4, -0.2) is 22.8 Å². The summed E-state index contributed by atoms with van der Waals surface area (Å²) in [6.07, 6.45) is 4.14. The summed E-state index contributed by atoms with van der Waals surface area (Å²) in [7, 11) is 1.60. The van der Waals surface area contributed by atoms with Crippen LogP contribution in [-0.2, 0) is 6.42 Å². The molecule has 1 saturated carbocycles. The highest BCUT2D eigenvalue weighted by Gasteiger charge is 2.40. The second-order valence-electron chi connectivity index (χ2n) is 3.57. The van der Waals surface area contributed by atoms with Crippen LogP contribution in [0.1, 0.15) is 18.4 Å². The van der Waals surface area contributed by atoms with E-state index in [0.717, 1.165) is 18.4 Å². The third kappa shape index (κ3) is 1.80. The highest BCUT2D eigenvalue weighted by Crippen LogP contribution is 2.39. The van der Waals surface area contributed by atoms with Crippen LogP contribution >= 0.6 is 0 Å². The first-order valence-corrected chi connectivity index (χ1v) is 4.44. The maximum absolute atomic E-state index is 9.72. The van der Waals surface area contributed by atoms with Crippen molar-refractivity contribution in [3.05, 3.63) is 23.9 Å². The summed E-state index contributed by atoms with van der Waals surface area (Å²) in [6.45, 7) is 0. The molecule has 0 atom stereocenters. The van der Waals surface area contributed by atoms with Crippen molar-refractivity contribution < 1.29 is 9.84 Å². The van der Waals surface area contributed by atoms with E-state index in [4.69, 9.17) is 4.74 Å². The topological polar surface area (TPSA) is 42.4 Å². The van der Waals surface area contributed by atoms with E-state index in [1.807, 2.05) is 12.1 Å². The lowest BCUT2D eigenvalue weighted by molar-refractivity contribution is 0.149. The molecule has 0 saturated heterocycles. The molecule has 3 heteroatoms. The predicted octanol–water partition coefficient (Wildman–Crippen LogP) is 1.16. The second-order valence-corrected chi connectivity index (χ2v) is 3.57. The summed E-state index contributed by atoms with van der Waals surface area (Å²) >= 11 is 0. The van der Waals surface area contributed by atoms with Crippen LogP contribution in [0.2, 0.25) is 0 Å². The number of aliphatic hydroxyl groups is 1. The van der Waals surface area contributed by atoms with E-state index < -0.39 is 5.60 Å². The zero-order chi connectivity index (χ0) is 9.31. The molecule has 0 aliphatic heterocycles. The quantitative estimate of drug-likeness (QED) is 0.757. The summed E-state index contributed by atoms with van der Waals surface area (Å²) in [6, 6.07) is 3.81. The van der Waals surface area contributed by atoms with Crippen LogP contribution in [0.3, 0.4) is 0 Å². The Morgan fingerprint density at radius 3 is 3.00 bits per heavy atom. The number of hydrogen-bond donors (Lipinski definition) is 1. The van der Waals surface area contributed by atoms with Gasteiger partial charge in [0.25, 0.3) is 0 Å². The molecule has 70 valence electrons. The number of methoxy groups -OCH3 is 1. The van der Waals surface area contributed by atoms with Gasteiger partial charge in [-0.25, -0.2) is 4.98 Å². The predicted molar refractivity (Wildman–Crippen MR) is 48.7 cm³/mol. The van der Waals surface area contributed by atoms with Crippen LogP contribution < -0.4 is 4.74 Å². The maximum atomic E-state index is 9.72. The lowest BCUT2D eigenvalue weighted by atomic mass is 10.1. The highest BCUT2D eigenvalue weighted by molar-refractivity contribution is 5.28. The molecule has 1 aliphatic rings. The molecule has 1 aromatic heterocycles. The summed E-state index contributed by atoms with van der Waals surface area (Å²) in [5, 5.41) is 9.72. The average Bonchev–Trinajstić information content (AvgIpc) is 2.84. The molecule has 1 N–H and O–H groups in total. The van der Waals surface area contributed by atoms with E-state index in [9.17, 15) is 5.11 Å². The molecule has 3 nitrogen and oxygen atoms in total. The Hall–Kier alpha value is -1.09. The minimum atomic E-state index is -0.476. The van der Waals surface area contributed by atoms with Crippen molar-refractivity contribution in [2.24, 2.45) is 0 Å². The van der Waals surface area contributed by atoms with E-state index in [1.54, 1.807) is 13.3 Å². The molecule has 0 aromatic carbocycles. The molecular formula is C10H13NO2. The SMILES string of the molecule is COc1ncccc1CC1(O)CC1. The van der Waals surface area contributed by atoms with Crippen LogP contribution in [0.25, 0.3) is 0 Å². The van der Waals surface area contributed by atoms with E-state index in [2.05, 4.69) is 4.98 Å². The zero-order valence-electron chi connectivity index (χ0n) is 7.66. The molecule has 2 rings (SSSR count). The Kier molecular flexibility index (Phi) is 1.96. The monoisotopic (exact) mass is 179 g/mol. The Balaban J connectivity index is 2.18.